The molecule has 0 aromatic rings. The zero-order valence-corrected chi connectivity index (χ0v) is 22.7. The molecule has 4 nitrogen and oxygen atoms in total. The fraction of sp³-hybridized carbons (Fsp3) is 0.933. The molecular weight excluding hydrogens is 424 g/mol. The molecule has 0 radical (unpaired) electrons. The zero-order valence-electron chi connectivity index (χ0n) is 22.7. The number of ketones is 1. The van der Waals surface area contributed by atoms with Crippen molar-refractivity contribution in [2.75, 3.05) is 0 Å². The highest BCUT2D eigenvalue weighted by Crippen LogP contribution is 2.76. The molecule has 0 aromatic heterocycles. The summed E-state index contributed by atoms with van der Waals surface area (Å²) in [7, 11) is 0. The Hall–Kier alpha value is -0.900. The smallest absolute Gasteiger partial charge is 0.309 e. The summed E-state index contributed by atoms with van der Waals surface area (Å²) >= 11 is 0. The predicted molar refractivity (Wildman–Crippen MR) is 133 cm³/mol. The average Bonchev–Trinajstić information content (AvgIpc) is 2.72. The molecule has 4 heteroatoms. The Labute approximate surface area is 206 Å². The third-order valence-electron chi connectivity index (χ3n) is 13.4. The number of carboxylic acid groups (broad SMARTS) is 1. The lowest BCUT2D eigenvalue weighted by Crippen LogP contribution is -2.69. The van der Waals surface area contributed by atoms with Crippen molar-refractivity contribution in [3.8, 4) is 0 Å². The van der Waals surface area contributed by atoms with E-state index in [9.17, 15) is 19.8 Å². The second-order valence-electron chi connectivity index (χ2n) is 15.4. The van der Waals surface area contributed by atoms with Crippen LogP contribution in [0.15, 0.2) is 0 Å². The first-order valence-electron chi connectivity index (χ1n) is 14.0. The Morgan fingerprint density at radius 2 is 1.47 bits per heavy atom. The van der Waals surface area contributed by atoms with E-state index in [2.05, 4.69) is 48.5 Å². The van der Waals surface area contributed by atoms with Crippen LogP contribution in [0.3, 0.4) is 0 Å². The summed E-state index contributed by atoms with van der Waals surface area (Å²) in [5.41, 5.74) is -0.844. The Morgan fingerprint density at radius 1 is 0.824 bits per heavy atom. The monoisotopic (exact) mass is 472 g/mol. The van der Waals surface area contributed by atoms with Gasteiger partial charge in [0.05, 0.1) is 11.5 Å². The molecule has 0 aromatic carbocycles. The minimum absolute atomic E-state index is 0.0292. The number of fused-ring (bicyclic) bond motifs is 7. The van der Waals surface area contributed by atoms with Gasteiger partial charge in [-0.1, -0.05) is 48.5 Å². The van der Waals surface area contributed by atoms with Gasteiger partial charge in [0, 0.05) is 12.3 Å². The van der Waals surface area contributed by atoms with Gasteiger partial charge < -0.3 is 10.2 Å². The summed E-state index contributed by atoms with van der Waals surface area (Å²) in [6.45, 7) is 16.3. The quantitative estimate of drug-likeness (QED) is 0.457. The van der Waals surface area contributed by atoms with Crippen molar-refractivity contribution < 1.29 is 19.8 Å². The van der Waals surface area contributed by atoms with Crippen molar-refractivity contribution in [3.05, 3.63) is 0 Å². The zero-order chi connectivity index (χ0) is 25.1. The van der Waals surface area contributed by atoms with Gasteiger partial charge in [-0.3, -0.25) is 9.59 Å². The maximum atomic E-state index is 14.3. The molecule has 0 bridgehead atoms. The lowest BCUT2D eigenvalue weighted by Gasteiger charge is -2.72. The summed E-state index contributed by atoms with van der Waals surface area (Å²) < 4.78 is 0. The van der Waals surface area contributed by atoms with E-state index in [-0.39, 0.29) is 45.0 Å². The van der Waals surface area contributed by atoms with E-state index < -0.39 is 11.4 Å². The van der Waals surface area contributed by atoms with Crippen LogP contribution in [0.25, 0.3) is 0 Å². The first-order chi connectivity index (χ1) is 15.6. The van der Waals surface area contributed by atoms with Crippen LogP contribution in [-0.4, -0.2) is 28.1 Å². The van der Waals surface area contributed by atoms with Crippen LogP contribution in [0.2, 0.25) is 0 Å². The van der Waals surface area contributed by atoms with Gasteiger partial charge in [-0.2, -0.15) is 0 Å². The second-order valence-corrected chi connectivity index (χ2v) is 15.4. The first-order valence-corrected chi connectivity index (χ1v) is 14.0. The maximum absolute atomic E-state index is 14.3. The normalized spacial score (nSPS) is 53.6. The van der Waals surface area contributed by atoms with E-state index in [0.29, 0.717) is 30.5 Å². The van der Waals surface area contributed by atoms with Crippen molar-refractivity contribution in [3.63, 3.8) is 0 Å². The predicted octanol–water partition coefficient (Wildman–Crippen LogP) is 6.49. The van der Waals surface area contributed by atoms with Crippen molar-refractivity contribution in [1.29, 1.82) is 0 Å². The standard InChI is InChI=1S/C30H48O4/c1-25(2)12-14-30(24(33)34)15-13-29(7)23(18(30)17-25)19(31)16-21-27(5)10-9-22(32)26(3,4)20(27)8-11-28(21,29)6/h18,20-23,32H,8-17H2,1-7H3,(H,33,34)/t18?,20?,21?,22-,23?,27-,28+,29+,30-/m0/s1. The summed E-state index contributed by atoms with van der Waals surface area (Å²) in [6, 6.07) is 0. The van der Waals surface area contributed by atoms with Crippen LogP contribution in [0.4, 0.5) is 0 Å². The SMILES string of the molecule is CC1(C)CC[C@]2(C(=O)O)CC[C@]3(C)C(C(=O)CC4[C@@]5(C)CC[C@H](O)C(C)(C)C5CC[C@]43C)C2C1. The number of aliphatic carboxylic acids is 1. The molecule has 9 atom stereocenters. The molecule has 0 heterocycles. The highest BCUT2D eigenvalue weighted by atomic mass is 16.4. The van der Waals surface area contributed by atoms with E-state index in [1.54, 1.807) is 0 Å². The molecule has 192 valence electrons. The van der Waals surface area contributed by atoms with Crippen molar-refractivity contribution in [2.24, 2.45) is 56.2 Å². The van der Waals surface area contributed by atoms with Gasteiger partial charge >= 0.3 is 5.97 Å². The number of hydrogen-bond donors (Lipinski definition) is 2. The van der Waals surface area contributed by atoms with E-state index in [0.717, 1.165) is 51.4 Å². The minimum atomic E-state index is -0.726. The van der Waals surface area contributed by atoms with Crippen LogP contribution in [0.5, 0.6) is 0 Å². The fourth-order valence-electron chi connectivity index (χ4n) is 11.1. The summed E-state index contributed by atoms with van der Waals surface area (Å²) in [4.78, 5) is 27.0. The number of carboxylic acids is 1. The van der Waals surface area contributed by atoms with Crippen LogP contribution in [-0.2, 0) is 9.59 Å². The van der Waals surface area contributed by atoms with Gasteiger partial charge in [-0.15, -0.1) is 0 Å². The van der Waals surface area contributed by atoms with E-state index >= 15 is 0 Å². The molecule has 5 fully saturated rings. The molecule has 34 heavy (non-hydrogen) atoms. The topological polar surface area (TPSA) is 74.6 Å². The number of rotatable bonds is 1. The lowest BCUT2D eigenvalue weighted by molar-refractivity contribution is -0.246. The molecule has 4 unspecified atom stereocenters. The number of aliphatic hydroxyl groups is 1. The molecular formula is C30H48O4. The van der Waals surface area contributed by atoms with Gasteiger partial charge in [0.2, 0.25) is 0 Å². The van der Waals surface area contributed by atoms with E-state index in [4.69, 9.17) is 0 Å². The molecule has 0 saturated heterocycles. The van der Waals surface area contributed by atoms with Gasteiger partial charge in [0.25, 0.3) is 0 Å². The first kappa shape index (κ1) is 24.8. The Kier molecular flexibility index (Phi) is 5.18. The Balaban J connectivity index is 1.59. The Morgan fingerprint density at radius 3 is 2.12 bits per heavy atom. The molecule has 5 aliphatic rings. The molecule has 5 rings (SSSR count). The van der Waals surface area contributed by atoms with Crippen LogP contribution in [0, 0.1) is 56.2 Å². The van der Waals surface area contributed by atoms with E-state index in [1.807, 2.05) is 0 Å². The van der Waals surface area contributed by atoms with Crippen LogP contribution in [0.1, 0.15) is 113 Å². The highest BCUT2D eigenvalue weighted by Gasteiger charge is 2.73. The summed E-state index contributed by atoms with van der Waals surface area (Å²) in [5, 5.41) is 21.4. The average molecular weight is 473 g/mol. The highest BCUT2D eigenvalue weighted by molar-refractivity contribution is 5.86. The van der Waals surface area contributed by atoms with Crippen molar-refractivity contribution in [1.82, 2.24) is 0 Å². The third-order valence-corrected chi connectivity index (χ3v) is 13.4. The number of hydrogen-bond acceptors (Lipinski definition) is 3. The molecule has 0 spiro atoms. The van der Waals surface area contributed by atoms with Gasteiger partial charge in [-0.25, -0.2) is 0 Å². The number of aliphatic hydroxyl groups excluding tert-OH is 1. The number of carbonyl (C=O) groups is 2. The number of carbonyl (C=O) groups excluding carboxylic acids is 1. The second kappa shape index (κ2) is 7.11. The summed E-state index contributed by atoms with van der Waals surface area (Å²) in [5.74, 6) is 0.240. The minimum Gasteiger partial charge on any atom is -0.481 e. The van der Waals surface area contributed by atoms with Gasteiger partial charge in [-0.05, 0) is 103 Å². The molecule has 0 aliphatic heterocycles. The van der Waals surface area contributed by atoms with Gasteiger partial charge in [0.15, 0.2) is 0 Å². The maximum Gasteiger partial charge on any atom is 0.309 e. The number of Topliss-reactive ketones (excluding diaryl/α,β-unsaturated/α-hetero) is 1. The van der Waals surface area contributed by atoms with Gasteiger partial charge in [0.1, 0.15) is 5.78 Å². The molecule has 0 amide bonds. The molecule has 2 N–H and O–H groups in total. The third kappa shape index (κ3) is 2.87. The van der Waals surface area contributed by atoms with E-state index in [1.165, 1.54) is 0 Å². The largest absolute Gasteiger partial charge is 0.481 e. The molecule has 5 saturated carbocycles. The fourth-order valence-corrected chi connectivity index (χ4v) is 11.1. The lowest BCUT2D eigenvalue weighted by atomic mass is 9.31. The summed E-state index contributed by atoms with van der Waals surface area (Å²) in [6.07, 6.45) is 8.40. The van der Waals surface area contributed by atoms with Crippen molar-refractivity contribution in [2.45, 2.75) is 119 Å². The van der Waals surface area contributed by atoms with Crippen LogP contribution < -0.4 is 0 Å². The molecule has 5 aliphatic carbocycles. The van der Waals surface area contributed by atoms with Crippen LogP contribution >= 0.6 is 0 Å². The van der Waals surface area contributed by atoms with Crippen molar-refractivity contribution >= 4 is 11.8 Å². The Bertz CT molecular complexity index is 905.